The average molecular weight is 353 g/mol. The molecule has 0 fully saturated rings. The number of hydrogen-bond acceptors (Lipinski definition) is 3. The number of benzene rings is 2. The third-order valence-electron chi connectivity index (χ3n) is 3.16. The lowest BCUT2D eigenvalue weighted by atomic mass is 10.1. The molecule has 2 aromatic rings. The van der Waals surface area contributed by atoms with Crippen LogP contribution in [0, 0.1) is 15.9 Å². The Morgan fingerprint density at radius 3 is 2.57 bits per heavy atom. The van der Waals surface area contributed by atoms with E-state index < -0.39 is 0 Å². The fourth-order valence-corrected chi connectivity index (χ4v) is 2.50. The second-order valence-electron chi connectivity index (χ2n) is 4.54. The van der Waals surface area contributed by atoms with Crippen LogP contribution in [0.3, 0.4) is 0 Å². The zero-order chi connectivity index (χ0) is 15.4. The molecule has 0 saturated carbocycles. The molecule has 0 aromatic heterocycles. The molecule has 21 heavy (non-hydrogen) atoms. The van der Waals surface area contributed by atoms with Gasteiger partial charge in [-0.15, -0.1) is 0 Å². The first kappa shape index (κ1) is 15.4. The molecule has 0 saturated heterocycles. The van der Waals surface area contributed by atoms with Crippen LogP contribution < -0.4 is 5.32 Å². The number of anilines is 1. The first-order valence-electron chi connectivity index (χ1n) is 6.46. The molecule has 0 atom stereocenters. The number of nitro benzene ring substituents is 1. The molecule has 2 aromatic carbocycles. The van der Waals surface area contributed by atoms with Gasteiger partial charge >= 0.3 is 0 Å². The van der Waals surface area contributed by atoms with Crippen LogP contribution >= 0.6 is 15.9 Å². The van der Waals surface area contributed by atoms with Crippen LogP contribution in [-0.2, 0) is 13.0 Å². The molecule has 1 N–H and O–H groups in total. The minimum Gasteiger partial charge on any atom is -0.381 e. The van der Waals surface area contributed by atoms with E-state index in [1.807, 2.05) is 13.0 Å². The van der Waals surface area contributed by atoms with Gasteiger partial charge in [-0.2, -0.15) is 0 Å². The van der Waals surface area contributed by atoms with Crippen molar-refractivity contribution >= 4 is 27.3 Å². The average Bonchev–Trinajstić information content (AvgIpc) is 2.46. The van der Waals surface area contributed by atoms with Crippen LogP contribution in [0.15, 0.2) is 40.9 Å². The van der Waals surface area contributed by atoms with E-state index in [0.717, 1.165) is 5.56 Å². The molecular weight excluding hydrogens is 339 g/mol. The molecule has 4 nitrogen and oxygen atoms in total. The summed E-state index contributed by atoms with van der Waals surface area (Å²) in [5, 5.41) is 14.1. The number of halogens is 2. The molecule has 0 amide bonds. The highest BCUT2D eigenvalue weighted by molar-refractivity contribution is 9.10. The largest absolute Gasteiger partial charge is 0.381 e. The van der Waals surface area contributed by atoms with Gasteiger partial charge in [0, 0.05) is 28.3 Å². The van der Waals surface area contributed by atoms with Gasteiger partial charge in [0.05, 0.1) is 4.92 Å². The van der Waals surface area contributed by atoms with Crippen LogP contribution in [-0.4, -0.2) is 4.92 Å². The van der Waals surface area contributed by atoms with Crippen molar-refractivity contribution in [2.24, 2.45) is 0 Å². The lowest BCUT2D eigenvalue weighted by Crippen LogP contribution is -2.02. The first-order valence-corrected chi connectivity index (χ1v) is 7.25. The summed E-state index contributed by atoms with van der Waals surface area (Å²) in [6, 6.07) is 9.52. The van der Waals surface area contributed by atoms with Gasteiger partial charge in [0.25, 0.3) is 5.69 Å². The predicted octanol–water partition coefficient (Wildman–Crippen LogP) is 4.67. The second kappa shape index (κ2) is 6.67. The monoisotopic (exact) mass is 352 g/mol. The molecular formula is C15H14BrFN2O2. The molecule has 0 bridgehead atoms. The summed E-state index contributed by atoms with van der Waals surface area (Å²) in [6.07, 6.45) is 0.611. The van der Waals surface area contributed by atoms with E-state index in [-0.39, 0.29) is 16.4 Å². The van der Waals surface area contributed by atoms with E-state index in [2.05, 4.69) is 21.2 Å². The van der Waals surface area contributed by atoms with Crippen molar-refractivity contribution in [3.8, 4) is 0 Å². The summed E-state index contributed by atoms with van der Waals surface area (Å²) in [7, 11) is 0. The molecule has 0 unspecified atom stereocenters. The maximum Gasteiger partial charge on any atom is 0.274 e. The summed E-state index contributed by atoms with van der Waals surface area (Å²) in [5.74, 6) is -0.312. The first-order chi connectivity index (χ1) is 10.0. The fourth-order valence-electron chi connectivity index (χ4n) is 2.01. The molecule has 0 radical (unpaired) electrons. The van der Waals surface area contributed by atoms with Gasteiger partial charge in [-0.3, -0.25) is 10.1 Å². The Labute approximate surface area is 130 Å². The third-order valence-corrected chi connectivity index (χ3v) is 3.90. The number of rotatable bonds is 5. The van der Waals surface area contributed by atoms with Crippen LogP contribution in [0.1, 0.15) is 18.1 Å². The van der Waals surface area contributed by atoms with Gasteiger partial charge in [-0.05, 0) is 30.2 Å². The lowest BCUT2D eigenvalue weighted by molar-refractivity contribution is -0.385. The van der Waals surface area contributed by atoms with Crippen molar-refractivity contribution in [2.75, 3.05) is 5.32 Å². The molecule has 0 aliphatic carbocycles. The van der Waals surface area contributed by atoms with Gasteiger partial charge in [0.15, 0.2) is 0 Å². The van der Waals surface area contributed by atoms with Crippen molar-refractivity contribution in [3.05, 3.63) is 67.9 Å². The highest BCUT2D eigenvalue weighted by Crippen LogP contribution is 2.25. The fraction of sp³-hybridized carbons (Fsp3) is 0.200. The number of nitrogens with one attached hydrogen (secondary N) is 1. The number of nitro groups is 1. The highest BCUT2D eigenvalue weighted by atomic mass is 79.9. The minimum absolute atomic E-state index is 0.112. The summed E-state index contributed by atoms with van der Waals surface area (Å²) in [6.45, 7) is 2.33. The Morgan fingerprint density at radius 2 is 1.95 bits per heavy atom. The molecule has 2 rings (SSSR count). The van der Waals surface area contributed by atoms with E-state index in [4.69, 9.17) is 0 Å². The standard InChI is InChI=1S/C15H14BrFN2O2/c1-2-10-4-6-13(8-15(10)19(20)21)18-9-11-3-5-12(17)7-14(11)16/h3-8,18H,2,9H2,1H3. The van der Waals surface area contributed by atoms with Gasteiger partial charge in [-0.1, -0.05) is 35.0 Å². The summed E-state index contributed by atoms with van der Waals surface area (Å²) < 4.78 is 13.7. The Balaban J connectivity index is 2.16. The molecule has 0 aliphatic heterocycles. The van der Waals surface area contributed by atoms with E-state index in [9.17, 15) is 14.5 Å². The SMILES string of the molecule is CCc1ccc(NCc2ccc(F)cc2Br)cc1[N+](=O)[O-]. The van der Waals surface area contributed by atoms with Crippen molar-refractivity contribution in [3.63, 3.8) is 0 Å². The van der Waals surface area contributed by atoms with Crippen LogP contribution in [0.2, 0.25) is 0 Å². The van der Waals surface area contributed by atoms with Gasteiger partial charge < -0.3 is 5.32 Å². The number of nitrogens with zero attached hydrogens (tertiary/aromatic N) is 1. The molecule has 0 heterocycles. The Kier molecular flexibility index (Phi) is 4.90. The number of aryl methyl sites for hydroxylation is 1. The summed E-state index contributed by atoms with van der Waals surface area (Å²) in [4.78, 5) is 10.7. The smallest absolute Gasteiger partial charge is 0.274 e. The Morgan fingerprint density at radius 1 is 1.24 bits per heavy atom. The van der Waals surface area contributed by atoms with Gasteiger partial charge in [0.2, 0.25) is 0 Å². The molecule has 110 valence electrons. The summed E-state index contributed by atoms with van der Waals surface area (Å²) >= 11 is 3.29. The van der Waals surface area contributed by atoms with Crippen LogP contribution in [0.25, 0.3) is 0 Å². The molecule has 6 heteroatoms. The maximum absolute atomic E-state index is 13.0. The summed E-state index contributed by atoms with van der Waals surface area (Å²) in [5.41, 5.74) is 2.35. The van der Waals surface area contributed by atoms with Crippen LogP contribution in [0.5, 0.6) is 0 Å². The van der Waals surface area contributed by atoms with E-state index in [0.29, 0.717) is 28.7 Å². The number of hydrogen-bond donors (Lipinski definition) is 1. The van der Waals surface area contributed by atoms with Crippen molar-refractivity contribution in [2.45, 2.75) is 19.9 Å². The maximum atomic E-state index is 13.0. The molecule has 0 spiro atoms. The quantitative estimate of drug-likeness (QED) is 0.628. The topological polar surface area (TPSA) is 55.2 Å². The van der Waals surface area contributed by atoms with Gasteiger partial charge in [-0.25, -0.2) is 4.39 Å². The highest BCUT2D eigenvalue weighted by Gasteiger charge is 2.13. The normalized spacial score (nSPS) is 10.4. The van der Waals surface area contributed by atoms with Crippen molar-refractivity contribution in [1.82, 2.24) is 0 Å². The molecule has 0 aliphatic rings. The van der Waals surface area contributed by atoms with Crippen molar-refractivity contribution < 1.29 is 9.31 Å². The van der Waals surface area contributed by atoms with Crippen molar-refractivity contribution in [1.29, 1.82) is 0 Å². The lowest BCUT2D eigenvalue weighted by Gasteiger charge is -2.09. The van der Waals surface area contributed by atoms with E-state index in [1.165, 1.54) is 18.2 Å². The zero-order valence-corrected chi connectivity index (χ0v) is 13.0. The third kappa shape index (κ3) is 3.78. The van der Waals surface area contributed by atoms with Gasteiger partial charge in [0.1, 0.15) is 5.82 Å². The zero-order valence-electron chi connectivity index (χ0n) is 11.4. The Hall–Kier alpha value is -1.95. The van der Waals surface area contributed by atoms with Crippen LogP contribution in [0.4, 0.5) is 15.8 Å². The van der Waals surface area contributed by atoms with E-state index in [1.54, 1.807) is 12.1 Å². The predicted molar refractivity (Wildman–Crippen MR) is 83.9 cm³/mol. The van der Waals surface area contributed by atoms with E-state index >= 15 is 0 Å². The second-order valence-corrected chi connectivity index (χ2v) is 5.40. The Bertz CT molecular complexity index is 677. The minimum atomic E-state index is -0.377.